The monoisotopic (exact) mass is 253 g/mol. The number of H-pyrrole nitrogens is 1. The number of aromatic nitrogens is 2. The summed E-state index contributed by atoms with van der Waals surface area (Å²) in [6.45, 7) is 4.40. The van der Waals surface area contributed by atoms with Crippen molar-refractivity contribution in [3.8, 4) is 0 Å². The first kappa shape index (κ1) is 10.5. The topological polar surface area (TPSA) is 73.3 Å². The molecule has 98 valence electrons. The molecule has 6 nitrogen and oxygen atoms in total. The molecular formula is C12H16N2O4. The number of rotatable bonds is 1. The molecule has 0 saturated carbocycles. The van der Waals surface area contributed by atoms with Gasteiger partial charge in [0, 0.05) is 19.0 Å². The summed E-state index contributed by atoms with van der Waals surface area (Å²) >= 11 is 0. The number of hydrogen-bond donors (Lipinski definition) is 1. The molecule has 2 aliphatic heterocycles. The van der Waals surface area contributed by atoms with Gasteiger partial charge in [-0.15, -0.1) is 0 Å². The normalized spacial score (nSPS) is 37.8. The van der Waals surface area contributed by atoms with E-state index >= 15 is 0 Å². The van der Waals surface area contributed by atoms with E-state index in [-0.39, 0.29) is 18.4 Å². The second-order valence-corrected chi connectivity index (χ2v) is 5.47. The van der Waals surface area contributed by atoms with E-state index in [4.69, 9.17) is 10.8 Å². The van der Waals surface area contributed by atoms with E-state index in [0.29, 0.717) is 6.61 Å². The van der Waals surface area contributed by atoms with Crippen LogP contribution in [0, 0.1) is 5.41 Å². The average Bonchev–Trinajstić information content (AvgIpc) is 2.73. The Hall–Kier alpha value is -1.40. The highest BCUT2D eigenvalue weighted by Crippen LogP contribution is 2.56. The van der Waals surface area contributed by atoms with Crippen LogP contribution in [0.25, 0.3) is 0 Å². The number of fused-ring (bicyclic) bond motifs is 2. The van der Waals surface area contributed by atoms with Gasteiger partial charge in [-0.1, -0.05) is 13.8 Å². The lowest BCUT2D eigenvalue weighted by molar-refractivity contribution is -0.167. The molecule has 1 N–H and O–H groups in total. The lowest BCUT2D eigenvalue weighted by Gasteiger charge is -2.30. The van der Waals surface area contributed by atoms with Gasteiger partial charge in [0.05, 0.1) is 12.2 Å². The molecule has 2 aliphatic rings. The highest BCUT2D eigenvalue weighted by Gasteiger charge is 2.64. The van der Waals surface area contributed by atoms with Gasteiger partial charge < -0.3 is 9.47 Å². The Morgan fingerprint density at radius 3 is 2.94 bits per heavy atom. The van der Waals surface area contributed by atoms with Gasteiger partial charge in [-0.05, 0) is 6.90 Å². The Morgan fingerprint density at radius 1 is 1.56 bits per heavy atom. The van der Waals surface area contributed by atoms with Gasteiger partial charge in [-0.2, -0.15) is 0 Å². The Bertz CT molecular complexity index is 623. The summed E-state index contributed by atoms with van der Waals surface area (Å²) in [6.07, 6.45) is 0.503. The van der Waals surface area contributed by atoms with Crippen molar-refractivity contribution in [2.24, 2.45) is 5.41 Å². The zero-order valence-electron chi connectivity index (χ0n) is 11.3. The average molecular weight is 253 g/mol. The SMILES string of the molecule is [2H]C[C@]12CO[C@@H]([C@H](n3ccc(=O)[nH]c3=O)O1)C2(C)C. The van der Waals surface area contributed by atoms with Gasteiger partial charge in [-0.3, -0.25) is 14.3 Å². The Kier molecular flexibility index (Phi) is 1.95. The van der Waals surface area contributed by atoms with Crippen LogP contribution in [0.15, 0.2) is 21.9 Å². The molecular weight excluding hydrogens is 236 g/mol. The fourth-order valence-corrected chi connectivity index (χ4v) is 2.63. The molecule has 0 amide bonds. The van der Waals surface area contributed by atoms with E-state index < -0.39 is 23.1 Å². The maximum absolute atomic E-state index is 11.8. The summed E-state index contributed by atoms with van der Waals surface area (Å²) in [4.78, 5) is 25.1. The molecule has 2 bridgehead atoms. The summed E-state index contributed by atoms with van der Waals surface area (Å²) in [5, 5.41) is 0. The van der Waals surface area contributed by atoms with Crippen LogP contribution in [0.2, 0.25) is 0 Å². The van der Waals surface area contributed by atoms with Gasteiger partial charge in [0.2, 0.25) is 0 Å². The van der Waals surface area contributed by atoms with Crippen molar-refractivity contribution in [1.29, 1.82) is 0 Å². The van der Waals surface area contributed by atoms with Crippen molar-refractivity contribution >= 4 is 0 Å². The lowest BCUT2D eigenvalue weighted by atomic mass is 9.76. The predicted molar refractivity (Wildman–Crippen MR) is 63.4 cm³/mol. The first-order valence-electron chi connectivity index (χ1n) is 6.52. The first-order valence-corrected chi connectivity index (χ1v) is 5.81. The van der Waals surface area contributed by atoms with Crippen molar-refractivity contribution in [3.05, 3.63) is 33.1 Å². The third kappa shape index (κ3) is 1.30. The molecule has 2 fully saturated rings. The molecule has 3 atom stereocenters. The van der Waals surface area contributed by atoms with Crippen LogP contribution < -0.4 is 11.2 Å². The first-order chi connectivity index (χ1) is 8.91. The molecule has 6 heteroatoms. The van der Waals surface area contributed by atoms with Crippen LogP contribution in [0.4, 0.5) is 0 Å². The standard InChI is InChI=1S/C12H16N2O4/c1-11(2)8-9(18-12(11,3)6-17-8)14-5-4-7(15)13-10(14)16/h4-5,8-9H,6H2,1-3H3,(H,13,15,16)/t8-,9+,12+/m0/s1/i3D. The number of nitrogens with one attached hydrogen (secondary N) is 1. The zero-order valence-corrected chi connectivity index (χ0v) is 10.3. The lowest BCUT2D eigenvalue weighted by Crippen LogP contribution is -2.39. The van der Waals surface area contributed by atoms with E-state index in [1.165, 1.54) is 16.8 Å². The summed E-state index contributed by atoms with van der Waals surface area (Å²) in [5.74, 6) is 0. The van der Waals surface area contributed by atoms with E-state index in [1.807, 2.05) is 13.8 Å². The zero-order chi connectivity index (χ0) is 13.8. The Labute approximate surface area is 105 Å². The second kappa shape index (κ2) is 3.33. The van der Waals surface area contributed by atoms with Gasteiger partial charge >= 0.3 is 5.69 Å². The van der Waals surface area contributed by atoms with Crippen LogP contribution in [-0.4, -0.2) is 27.9 Å². The van der Waals surface area contributed by atoms with E-state index in [9.17, 15) is 9.59 Å². The maximum Gasteiger partial charge on any atom is 0.330 e. The molecule has 3 rings (SSSR count). The number of hydrogen-bond acceptors (Lipinski definition) is 4. The third-order valence-electron chi connectivity index (χ3n) is 4.11. The molecule has 0 aliphatic carbocycles. The smallest absolute Gasteiger partial charge is 0.330 e. The molecule has 0 aromatic carbocycles. The Morgan fingerprint density at radius 2 is 2.33 bits per heavy atom. The summed E-state index contributed by atoms with van der Waals surface area (Å²) in [7, 11) is 0. The fourth-order valence-electron chi connectivity index (χ4n) is 2.63. The van der Waals surface area contributed by atoms with Crippen molar-refractivity contribution < 1.29 is 10.8 Å². The Balaban J connectivity index is 2.06. The summed E-state index contributed by atoms with van der Waals surface area (Å²) in [6, 6.07) is 1.27. The van der Waals surface area contributed by atoms with Crippen molar-refractivity contribution in [1.82, 2.24) is 9.55 Å². The van der Waals surface area contributed by atoms with Gasteiger partial charge in [-0.25, -0.2) is 4.79 Å². The largest absolute Gasteiger partial charge is 0.370 e. The quantitative estimate of drug-likeness (QED) is 0.778. The van der Waals surface area contributed by atoms with Crippen molar-refractivity contribution in [2.45, 2.75) is 38.7 Å². The van der Waals surface area contributed by atoms with Crippen molar-refractivity contribution in [3.63, 3.8) is 0 Å². The molecule has 0 unspecified atom stereocenters. The van der Waals surface area contributed by atoms with Crippen LogP contribution >= 0.6 is 0 Å². The molecule has 3 heterocycles. The highest BCUT2D eigenvalue weighted by molar-refractivity contribution is 5.09. The van der Waals surface area contributed by atoms with Crippen molar-refractivity contribution in [2.75, 3.05) is 6.61 Å². The second-order valence-electron chi connectivity index (χ2n) is 5.47. The van der Waals surface area contributed by atoms with E-state index in [2.05, 4.69) is 4.98 Å². The van der Waals surface area contributed by atoms with Gasteiger partial charge in [0.25, 0.3) is 5.56 Å². The van der Waals surface area contributed by atoms with Gasteiger partial charge in [0.15, 0.2) is 6.23 Å². The van der Waals surface area contributed by atoms with E-state index in [0.717, 1.165) is 0 Å². The minimum absolute atomic E-state index is 0.0745. The fraction of sp³-hybridized carbons (Fsp3) is 0.667. The maximum atomic E-state index is 11.8. The van der Waals surface area contributed by atoms with E-state index in [1.54, 1.807) is 0 Å². The molecule has 0 spiro atoms. The van der Waals surface area contributed by atoms with Crippen LogP contribution in [0.1, 0.15) is 28.3 Å². The number of ether oxygens (including phenoxy) is 2. The number of aromatic amines is 1. The summed E-state index contributed by atoms with van der Waals surface area (Å²) < 4.78 is 20.7. The highest BCUT2D eigenvalue weighted by atomic mass is 16.6. The molecule has 1 aromatic rings. The number of nitrogens with zero attached hydrogens (tertiary/aromatic N) is 1. The minimum Gasteiger partial charge on any atom is -0.370 e. The molecule has 18 heavy (non-hydrogen) atoms. The predicted octanol–water partition coefficient (Wildman–Crippen LogP) is 0.249. The summed E-state index contributed by atoms with van der Waals surface area (Å²) in [5.41, 5.74) is -2.02. The van der Waals surface area contributed by atoms with Gasteiger partial charge in [0.1, 0.15) is 6.10 Å². The molecule has 0 radical (unpaired) electrons. The van der Waals surface area contributed by atoms with Crippen LogP contribution in [0.5, 0.6) is 0 Å². The van der Waals surface area contributed by atoms with Crippen LogP contribution in [-0.2, 0) is 9.47 Å². The minimum atomic E-state index is -0.697. The third-order valence-corrected chi connectivity index (χ3v) is 4.11. The molecule has 2 saturated heterocycles. The van der Waals surface area contributed by atoms with Crippen LogP contribution in [0.3, 0.4) is 0 Å². The molecule has 1 aromatic heterocycles.